The Kier molecular flexibility index (Phi) is 5.50. The SMILES string of the molecule is COc1ccc(CN2CCC(N(C)C)C2)cc1-c1nccnc1OC. The summed E-state index contributed by atoms with van der Waals surface area (Å²) < 4.78 is 10.9. The maximum Gasteiger partial charge on any atom is 0.240 e. The molecule has 3 rings (SSSR count). The molecule has 0 bridgehead atoms. The molecule has 1 atom stereocenters. The monoisotopic (exact) mass is 342 g/mol. The van der Waals surface area contributed by atoms with Gasteiger partial charge in [-0.1, -0.05) is 6.07 Å². The van der Waals surface area contributed by atoms with Gasteiger partial charge in [-0.25, -0.2) is 9.97 Å². The lowest BCUT2D eigenvalue weighted by Gasteiger charge is -2.21. The number of hydrogen-bond donors (Lipinski definition) is 0. The third-order valence-electron chi connectivity index (χ3n) is 4.76. The molecule has 1 aliphatic heterocycles. The predicted octanol–water partition coefficient (Wildman–Crippen LogP) is 2.30. The molecule has 6 heteroatoms. The molecule has 1 aromatic heterocycles. The fourth-order valence-electron chi connectivity index (χ4n) is 3.33. The van der Waals surface area contributed by atoms with Gasteiger partial charge in [-0.3, -0.25) is 4.90 Å². The van der Waals surface area contributed by atoms with Crippen LogP contribution in [0.25, 0.3) is 11.3 Å². The second-order valence-electron chi connectivity index (χ2n) is 6.59. The van der Waals surface area contributed by atoms with Gasteiger partial charge in [-0.2, -0.15) is 0 Å². The lowest BCUT2D eigenvalue weighted by atomic mass is 10.1. The number of nitrogens with zero attached hydrogens (tertiary/aromatic N) is 4. The Morgan fingerprint density at radius 1 is 1.16 bits per heavy atom. The second kappa shape index (κ2) is 7.80. The molecule has 0 N–H and O–H groups in total. The first-order valence-electron chi connectivity index (χ1n) is 8.53. The highest BCUT2D eigenvalue weighted by Gasteiger charge is 2.24. The summed E-state index contributed by atoms with van der Waals surface area (Å²) in [6.45, 7) is 3.14. The van der Waals surface area contributed by atoms with Crippen molar-refractivity contribution in [1.29, 1.82) is 0 Å². The molecule has 25 heavy (non-hydrogen) atoms. The minimum atomic E-state index is 0.506. The molecule has 134 valence electrons. The number of aromatic nitrogens is 2. The summed E-state index contributed by atoms with van der Waals surface area (Å²) in [5.41, 5.74) is 2.85. The molecular formula is C19H26N4O2. The first-order valence-corrected chi connectivity index (χ1v) is 8.53. The normalized spacial score (nSPS) is 17.9. The molecule has 6 nitrogen and oxygen atoms in total. The third-order valence-corrected chi connectivity index (χ3v) is 4.76. The van der Waals surface area contributed by atoms with Crippen molar-refractivity contribution in [3.05, 3.63) is 36.2 Å². The molecule has 2 aromatic rings. The van der Waals surface area contributed by atoms with Crippen LogP contribution in [0.4, 0.5) is 0 Å². The summed E-state index contributed by atoms with van der Waals surface area (Å²) in [5, 5.41) is 0. The van der Waals surface area contributed by atoms with E-state index in [2.05, 4.69) is 46.0 Å². The van der Waals surface area contributed by atoms with E-state index in [0.717, 1.165) is 30.9 Å². The lowest BCUT2D eigenvalue weighted by Crippen LogP contribution is -2.31. The summed E-state index contributed by atoms with van der Waals surface area (Å²) >= 11 is 0. The van der Waals surface area contributed by atoms with Crippen LogP contribution in [-0.4, -0.2) is 67.2 Å². The van der Waals surface area contributed by atoms with E-state index < -0.39 is 0 Å². The molecule has 0 radical (unpaired) electrons. The van der Waals surface area contributed by atoms with Gasteiger partial charge in [0.05, 0.1) is 14.2 Å². The molecule has 0 aliphatic carbocycles. The van der Waals surface area contributed by atoms with E-state index in [9.17, 15) is 0 Å². The average Bonchev–Trinajstić information content (AvgIpc) is 3.10. The van der Waals surface area contributed by atoms with Crippen LogP contribution < -0.4 is 9.47 Å². The number of likely N-dealkylation sites (tertiary alicyclic amines) is 1. The highest BCUT2D eigenvalue weighted by atomic mass is 16.5. The Balaban J connectivity index is 1.86. The molecule has 0 amide bonds. The van der Waals surface area contributed by atoms with Crippen molar-refractivity contribution in [2.24, 2.45) is 0 Å². The highest BCUT2D eigenvalue weighted by Crippen LogP contribution is 2.34. The summed E-state index contributed by atoms with van der Waals surface area (Å²) in [4.78, 5) is 13.5. The smallest absolute Gasteiger partial charge is 0.240 e. The fraction of sp³-hybridized carbons (Fsp3) is 0.474. The first-order chi connectivity index (χ1) is 12.1. The van der Waals surface area contributed by atoms with Crippen molar-refractivity contribution in [3.8, 4) is 22.9 Å². The van der Waals surface area contributed by atoms with Gasteiger partial charge in [0.15, 0.2) is 0 Å². The van der Waals surface area contributed by atoms with Gasteiger partial charge in [-0.05, 0) is 38.2 Å². The first kappa shape index (κ1) is 17.6. The second-order valence-corrected chi connectivity index (χ2v) is 6.59. The summed E-state index contributed by atoms with van der Waals surface area (Å²) in [6, 6.07) is 6.89. The molecule has 1 unspecified atom stereocenters. The van der Waals surface area contributed by atoms with Gasteiger partial charge in [0.1, 0.15) is 11.4 Å². The topological polar surface area (TPSA) is 50.7 Å². The quantitative estimate of drug-likeness (QED) is 0.803. The van der Waals surface area contributed by atoms with Crippen molar-refractivity contribution >= 4 is 0 Å². The standard InChI is InChI=1S/C19H26N4O2/c1-22(2)15-7-10-23(13-15)12-14-5-6-17(24-3)16(11-14)18-19(25-4)21-9-8-20-18/h5-6,8-9,11,15H,7,10,12-13H2,1-4H3. The Morgan fingerprint density at radius 2 is 1.96 bits per heavy atom. The van der Waals surface area contributed by atoms with Gasteiger partial charge >= 0.3 is 0 Å². The van der Waals surface area contributed by atoms with Gasteiger partial charge in [0.25, 0.3) is 0 Å². The van der Waals surface area contributed by atoms with Crippen molar-refractivity contribution < 1.29 is 9.47 Å². The molecule has 1 fully saturated rings. The third kappa shape index (κ3) is 3.91. The predicted molar refractivity (Wildman–Crippen MR) is 97.9 cm³/mol. The number of ether oxygens (including phenoxy) is 2. The summed E-state index contributed by atoms with van der Waals surface area (Å²) in [5.74, 6) is 1.28. The van der Waals surface area contributed by atoms with E-state index in [1.54, 1.807) is 26.6 Å². The Bertz CT molecular complexity index is 720. The van der Waals surface area contributed by atoms with Crippen molar-refractivity contribution in [2.45, 2.75) is 19.0 Å². The summed E-state index contributed by atoms with van der Waals surface area (Å²) in [7, 11) is 7.58. The minimum absolute atomic E-state index is 0.506. The molecule has 2 heterocycles. The van der Waals surface area contributed by atoms with Gasteiger partial charge in [0, 0.05) is 43.6 Å². The Labute approximate surface area is 149 Å². The molecular weight excluding hydrogens is 316 g/mol. The van der Waals surface area contributed by atoms with E-state index in [1.807, 2.05) is 6.07 Å². The van der Waals surface area contributed by atoms with Crippen LogP contribution in [0.1, 0.15) is 12.0 Å². The average molecular weight is 342 g/mol. The molecule has 1 aliphatic rings. The molecule has 1 aromatic carbocycles. The zero-order chi connectivity index (χ0) is 17.8. The largest absolute Gasteiger partial charge is 0.496 e. The van der Waals surface area contributed by atoms with Crippen LogP contribution in [0.5, 0.6) is 11.6 Å². The van der Waals surface area contributed by atoms with E-state index in [-0.39, 0.29) is 0 Å². The van der Waals surface area contributed by atoms with Crippen LogP contribution >= 0.6 is 0 Å². The van der Waals surface area contributed by atoms with E-state index in [1.165, 1.54) is 12.0 Å². The zero-order valence-corrected chi connectivity index (χ0v) is 15.4. The number of likely N-dealkylation sites (N-methyl/N-ethyl adjacent to an activating group) is 1. The Hall–Kier alpha value is -2.18. The molecule has 0 saturated carbocycles. The maximum atomic E-state index is 5.53. The van der Waals surface area contributed by atoms with E-state index in [4.69, 9.17) is 9.47 Å². The number of methoxy groups -OCH3 is 2. The van der Waals surface area contributed by atoms with Gasteiger partial charge in [-0.15, -0.1) is 0 Å². The zero-order valence-electron chi connectivity index (χ0n) is 15.4. The van der Waals surface area contributed by atoms with E-state index >= 15 is 0 Å². The Morgan fingerprint density at radius 3 is 2.64 bits per heavy atom. The fourth-order valence-corrected chi connectivity index (χ4v) is 3.33. The number of benzene rings is 1. The van der Waals surface area contributed by atoms with Crippen LogP contribution in [0, 0.1) is 0 Å². The van der Waals surface area contributed by atoms with Crippen LogP contribution in [-0.2, 0) is 6.54 Å². The van der Waals surface area contributed by atoms with Crippen LogP contribution in [0.3, 0.4) is 0 Å². The summed E-state index contributed by atoms with van der Waals surface area (Å²) in [6.07, 6.45) is 4.52. The maximum absolute atomic E-state index is 5.53. The van der Waals surface area contributed by atoms with Gasteiger partial charge < -0.3 is 14.4 Å². The lowest BCUT2D eigenvalue weighted by molar-refractivity contribution is 0.264. The van der Waals surface area contributed by atoms with Gasteiger partial charge in [0.2, 0.25) is 5.88 Å². The molecule has 1 saturated heterocycles. The van der Waals surface area contributed by atoms with Crippen LogP contribution in [0.15, 0.2) is 30.6 Å². The van der Waals surface area contributed by atoms with Crippen molar-refractivity contribution in [2.75, 3.05) is 41.4 Å². The van der Waals surface area contributed by atoms with Crippen molar-refractivity contribution in [3.63, 3.8) is 0 Å². The highest BCUT2D eigenvalue weighted by molar-refractivity contribution is 5.71. The van der Waals surface area contributed by atoms with E-state index in [0.29, 0.717) is 17.6 Å². The number of hydrogen-bond acceptors (Lipinski definition) is 6. The molecule has 0 spiro atoms. The minimum Gasteiger partial charge on any atom is -0.496 e. The number of rotatable bonds is 6. The van der Waals surface area contributed by atoms with Crippen LogP contribution in [0.2, 0.25) is 0 Å². The van der Waals surface area contributed by atoms with Crippen molar-refractivity contribution in [1.82, 2.24) is 19.8 Å².